The second kappa shape index (κ2) is 14.0. The SMILES string of the molecule is CCOC(=O)c1c(NC(=O)C(=O)NN=Cc2ccc(OC(=O)C=Cc3ccccc3)c(OC)c2)sc2c1CCCC2. The maximum absolute atomic E-state index is 12.6. The Morgan fingerprint density at radius 1 is 0.976 bits per heavy atom. The molecule has 0 spiro atoms. The monoisotopic (exact) mass is 575 g/mol. The van der Waals surface area contributed by atoms with E-state index in [0.717, 1.165) is 41.7 Å². The molecule has 0 fully saturated rings. The molecule has 0 radical (unpaired) electrons. The zero-order valence-electron chi connectivity index (χ0n) is 22.6. The number of hydrogen-bond acceptors (Lipinski definition) is 9. The number of methoxy groups -OCH3 is 1. The Bertz CT molecular complexity index is 1500. The van der Waals surface area contributed by atoms with Crippen LogP contribution in [-0.4, -0.2) is 43.7 Å². The van der Waals surface area contributed by atoms with Crippen molar-refractivity contribution in [2.75, 3.05) is 19.0 Å². The molecular formula is C30H29N3O7S. The normalized spacial score (nSPS) is 12.5. The summed E-state index contributed by atoms with van der Waals surface area (Å²) in [5.41, 5.74) is 4.74. The molecule has 1 aromatic heterocycles. The van der Waals surface area contributed by atoms with E-state index in [1.165, 1.54) is 36.8 Å². The minimum absolute atomic E-state index is 0.200. The molecule has 0 atom stereocenters. The highest BCUT2D eigenvalue weighted by Gasteiger charge is 2.28. The van der Waals surface area contributed by atoms with Crippen LogP contribution in [0.25, 0.3) is 6.08 Å². The first-order chi connectivity index (χ1) is 19.9. The van der Waals surface area contributed by atoms with Crippen LogP contribution in [0.4, 0.5) is 5.00 Å². The van der Waals surface area contributed by atoms with Gasteiger partial charge in [0.15, 0.2) is 11.5 Å². The van der Waals surface area contributed by atoms with Crippen LogP contribution in [0.2, 0.25) is 0 Å². The molecule has 41 heavy (non-hydrogen) atoms. The van der Waals surface area contributed by atoms with Gasteiger partial charge in [-0.15, -0.1) is 11.3 Å². The van der Waals surface area contributed by atoms with Gasteiger partial charge in [-0.25, -0.2) is 15.0 Å². The standard InChI is InChI=1S/C30H29N3O7S/c1-3-39-30(37)26-21-11-7-8-12-24(21)41-29(26)32-27(35)28(36)33-31-18-20-13-15-22(23(17-20)38-2)40-25(34)16-14-19-9-5-4-6-10-19/h4-6,9-10,13-18H,3,7-8,11-12H2,1-2H3,(H,32,35)(H,33,36). The van der Waals surface area contributed by atoms with Crippen molar-refractivity contribution in [3.63, 3.8) is 0 Å². The number of nitrogens with one attached hydrogen (secondary N) is 2. The summed E-state index contributed by atoms with van der Waals surface area (Å²) in [5.74, 6) is -2.60. The highest BCUT2D eigenvalue weighted by Crippen LogP contribution is 2.38. The number of rotatable bonds is 9. The molecule has 0 bridgehead atoms. The van der Waals surface area contributed by atoms with E-state index in [1.54, 1.807) is 25.1 Å². The first-order valence-electron chi connectivity index (χ1n) is 13.0. The number of carbonyl (C=O) groups excluding carboxylic acids is 4. The molecule has 0 aliphatic heterocycles. The Morgan fingerprint density at radius 2 is 1.76 bits per heavy atom. The molecular weight excluding hydrogens is 546 g/mol. The topological polar surface area (TPSA) is 132 Å². The van der Waals surface area contributed by atoms with Crippen LogP contribution in [0.15, 0.2) is 59.7 Å². The van der Waals surface area contributed by atoms with E-state index in [-0.39, 0.29) is 18.1 Å². The number of nitrogens with zero attached hydrogens (tertiary/aromatic N) is 1. The fourth-order valence-electron chi connectivity index (χ4n) is 4.17. The van der Waals surface area contributed by atoms with Gasteiger partial charge in [-0.3, -0.25) is 9.59 Å². The molecule has 1 aliphatic carbocycles. The third-order valence-electron chi connectivity index (χ3n) is 6.07. The van der Waals surface area contributed by atoms with Gasteiger partial charge >= 0.3 is 23.8 Å². The van der Waals surface area contributed by atoms with Gasteiger partial charge in [0.05, 0.1) is 25.5 Å². The van der Waals surface area contributed by atoms with E-state index in [4.69, 9.17) is 14.2 Å². The van der Waals surface area contributed by atoms with Gasteiger partial charge in [0.2, 0.25) is 0 Å². The molecule has 2 N–H and O–H groups in total. The minimum atomic E-state index is -1.01. The Kier molecular flexibility index (Phi) is 10.0. The Balaban J connectivity index is 1.36. The van der Waals surface area contributed by atoms with Gasteiger partial charge < -0.3 is 19.5 Å². The van der Waals surface area contributed by atoms with Crippen LogP contribution in [0.5, 0.6) is 11.5 Å². The first kappa shape index (κ1) is 29.2. The molecule has 4 rings (SSSR count). The zero-order chi connectivity index (χ0) is 29.2. The average molecular weight is 576 g/mol. The summed E-state index contributed by atoms with van der Waals surface area (Å²) >= 11 is 1.29. The smallest absolute Gasteiger partial charge is 0.341 e. The van der Waals surface area contributed by atoms with Gasteiger partial charge in [-0.05, 0) is 73.6 Å². The number of fused-ring (bicyclic) bond motifs is 1. The van der Waals surface area contributed by atoms with Gasteiger partial charge in [0, 0.05) is 11.0 Å². The fourth-order valence-corrected chi connectivity index (χ4v) is 5.44. The number of amides is 2. The number of hydrazone groups is 1. The van der Waals surface area contributed by atoms with Crippen molar-refractivity contribution in [2.45, 2.75) is 32.6 Å². The maximum Gasteiger partial charge on any atom is 0.341 e. The quantitative estimate of drug-likeness (QED) is 0.0957. The third kappa shape index (κ3) is 7.67. The molecule has 3 aromatic rings. The van der Waals surface area contributed by atoms with Crippen molar-refractivity contribution in [3.8, 4) is 11.5 Å². The highest BCUT2D eigenvalue weighted by molar-refractivity contribution is 7.17. The van der Waals surface area contributed by atoms with Crippen LogP contribution >= 0.6 is 11.3 Å². The Labute approximate surface area is 241 Å². The van der Waals surface area contributed by atoms with E-state index in [0.29, 0.717) is 16.1 Å². The van der Waals surface area contributed by atoms with Crippen LogP contribution < -0.4 is 20.2 Å². The van der Waals surface area contributed by atoms with Gasteiger partial charge in [-0.1, -0.05) is 30.3 Å². The van der Waals surface area contributed by atoms with Crippen molar-refractivity contribution < 1.29 is 33.4 Å². The van der Waals surface area contributed by atoms with Gasteiger partial charge in [0.25, 0.3) is 0 Å². The number of benzene rings is 2. The second-order valence-corrected chi connectivity index (χ2v) is 9.97. The third-order valence-corrected chi connectivity index (χ3v) is 7.28. The molecule has 2 amide bonds. The summed E-state index contributed by atoms with van der Waals surface area (Å²) in [5, 5.41) is 6.68. The number of aryl methyl sites for hydroxylation is 1. The average Bonchev–Trinajstić information content (AvgIpc) is 3.35. The lowest BCUT2D eigenvalue weighted by Gasteiger charge is -2.12. The highest BCUT2D eigenvalue weighted by atomic mass is 32.1. The van der Waals surface area contributed by atoms with Gasteiger partial charge in [0.1, 0.15) is 5.00 Å². The first-order valence-corrected chi connectivity index (χ1v) is 13.8. The van der Waals surface area contributed by atoms with Crippen LogP contribution in [0.1, 0.15) is 51.7 Å². The summed E-state index contributed by atoms with van der Waals surface area (Å²) < 4.78 is 15.9. The van der Waals surface area contributed by atoms with Crippen molar-refractivity contribution in [1.29, 1.82) is 0 Å². The second-order valence-electron chi connectivity index (χ2n) is 8.86. The number of carbonyl (C=O) groups is 4. The predicted octanol–water partition coefficient (Wildman–Crippen LogP) is 4.52. The maximum atomic E-state index is 12.6. The van der Waals surface area contributed by atoms with Gasteiger partial charge in [-0.2, -0.15) is 5.10 Å². The summed E-state index contributed by atoms with van der Waals surface area (Å²) in [6.45, 7) is 1.91. The largest absolute Gasteiger partial charge is 0.493 e. The van der Waals surface area contributed by atoms with E-state index >= 15 is 0 Å². The summed E-state index contributed by atoms with van der Waals surface area (Å²) in [6, 6.07) is 14.0. The van der Waals surface area contributed by atoms with Crippen molar-refractivity contribution >= 4 is 52.4 Å². The molecule has 212 valence electrons. The van der Waals surface area contributed by atoms with Crippen molar-refractivity contribution in [1.82, 2.24) is 5.43 Å². The Morgan fingerprint density at radius 3 is 2.51 bits per heavy atom. The van der Waals surface area contributed by atoms with Crippen LogP contribution in [-0.2, 0) is 32.0 Å². The fraction of sp³-hybridized carbons (Fsp3) is 0.233. The predicted molar refractivity (Wildman–Crippen MR) is 155 cm³/mol. The molecule has 10 nitrogen and oxygen atoms in total. The van der Waals surface area contributed by atoms with Crippen molar-refractivity contribution in [2.24, 2.45) is 5.10 Å². The van der Waals surface area contributed by atoms with Crippen molar-refractivity contribution in [3.05, 3.63) is 81.7 Å². The lowest BCUT2D eigenvalue weighted by atomic mass is 9.95. The van der Waals surface area contributed by atoms with E-state index < -0.39 is 23.8 Å². The number of esters is 2. The summed E-state index contributed by atoms with van der Waals surface area (Å²) in [4.78, 5) is 50.8. The summed E-state index contributed by atoms with van der Waals surface area (Å²) in [7, 11) is 1.42. The molecule has 1 heterocycles. The summed E-state index contributed by atoms with van der Waals surface area (Å²) in [6.07, 6.45) is 7.73. The zero-order valence-corrected chi connectivity index (χ0v) is 23.4. The number of thiophene rings is 1. The number of ether oxygens (including phenoxy) is 3. The van der Waals surface area contributed by atoms with Crippen LogP contribution in [0.3, 0.4) is 0 Å². The van der Waals surface area contributed by atoms with E-state index in [9.17, 15) is 19.2 Å². The lowest BCUT2D eigenvalue weighted by Crippen LogP contribution is -2.32. The molecule has 0 saturated carbocycles. The lowest BCUT2D eigenvalue weighted by molar-refractivity contribution is -0.136. The van der Waals surface area contributed by atoms with E-state index in [2.05, 4.69) is 15.8 Å². The van der Waals surface area contributed by atoms with Crippen LogP contribution in [0, 0.1) is 0 Å². The minimum Gasteiger partial charge on any atom is -0.493 e. The number of anilines is 1. The molecule has 0 saturated heterocycles. The molecule has 0 unspecified atom stereocenters. The molecule has 2 aromatic carbocycles. The number of hydrogen-bond donors (Lipinski definition) is 2. The Hall–Kier alpha value is -4.77. The van der Waals surface area contributed by atoms with E-state index in [1.807, 2.05) is 30.3 Å². The molecule has 1 aliphatic rings. The molecule has 11 heteroatoms.